The molecule has 0 bridgehead atoms. The van der Waals surface area contributed by atoms with E-state index >= 15 is 0 Å². The van der Waals surface area contributed by atoms with Gasteiger partial charge in [0.15, 0.2) is 0 Å². The first kappa shape index (κ1) is 10.2. The van der Waals surface area contributed by atoms with Gasteiger partial charge in [0.1, 0.15) is 0 Å². The van der Waals surface area contributed by atoms with Crippen LogP contribution in [0.3, 0.4) is 0 Å². The molecule has 0 aliphatic carbocycles. The van der Waals surface area contributed by atoms with Crippen LogP contribution in [0.15, 0.2) is 30.3 Å². The largest absolute Gasteiger partial charge is 0.323 e. The number of nitrogens with two attached hydrogens (primary N) is 1. The molecular weight excluding hydrogens is 160 g/mol. The van der Waals surface area contributed by atoms with Crippen molar-refractivity contribution in [2.45, 2.75) is 19.0 Å². The van der Waals surface area contributed by atoms with Crippen molar-refractivity contribution >= 4 is 0 Å². The van der Waals surface area contributed by atoms with Crippen LogP contribution in [0.4, 0.5) is 0 Å². The topological polar surface area (TPSA) is 29.3 Å². The normalized spacial score (nSPS) is 15.8. The number of rotatable bonds is 3. The van der Waals surface area contributed by atoms with Crippen LogP contribution >= 0.6 is 0 Å². The van der Waals surface area contributed by atoms with Gasteiger partial charge in [-0.3, -0.25) is 0 Å². The number of hydrogen-bond donors (Lipinski definition) is 1. The summed E-state index contributed by atoms with van der Waals surface area (Å²) in [6.45, 7) is 2.14. The Labute approximate surface area is 80.4 Å². The summed E-state index contributed by atoms with van der Waals surface area (Å²) in [4.78, 5) is 2.14. The second kappa shape index (κ2) is 4.40. The summed E-state index contributed by atoms with van der Waals surface area (Å²) in [7, 11) is 4.10. The van der Waals surface area contributed by atoms with Gasteiger partial charge in [-0.15, -0.1) is 0 Å². The Kier molecular flexibility index (Phi) is 3.46. The fraction of sp³-hybridized carbons (Fsp3) is 0.455. The zero-order valence-corrected chi connectivity index (χ0v) is 8.57. The lowest BCUT2D eigenvalue weighted by molar-refractivity contribution is 0.274. The maximum atomic E-state index is 6.10. The summed E-state index contributed by atoms with van der Waals surface area (Å²) in [5.41, 5.74) is 7.30. The van der Waals surface area contributed by atoms with Crippen LogP contribution < -0.4 is 5.73 Å². The van der Waals surface area contributed by atoms with E-state index in [0.29, 0.717) is 6.04 Å². The molecule has 2 unspecified atom stereocenters. The molecule has 0 spiro atoms. The van der Waals surface area contributed by atoms with Gasteiger partial charge in [0.25, 0.3) is 0 Å². The highest BCUT2D eigenvalue weighted by molar-refractivity contribution is 5.19. The second-order valence-corrected chi connectivity index (χ2v) is 3.64. The third-order valence-corrected chi connectivity index (χ3v) is 2.52. The van der Waals surface area contributed by atoms with Crippen LogP contribution in [-0.2, 0) is 0 Å². The summed E-state index contributed by atoms with van der Waals surface area (Å²) in [5.74, 6) is 0. The van der Waals surface area contributed by atoms with E-state index in [9.17, 15) is 0 Å². The first-order valence-corrected chi connectivity index (χ1v) is 4.60. The molecule has 0 heterocycles. The first-order valence-electron chi connectivity index (χ1n) is 4.60. The van der Waals surface area contributed by atoms with Crippen LogP contribution in [0.5, 0.6) is 0 Å². The molecule has 2 nitrogen and oxygen atoms in total. The molecule has 2 N–H and O–H groups in total. The van der Waals surface area contributed by atoms with Crippen LogP contribution in [-0.4, -0.2) is 25.0 Å². The van der Waals surface area contributed by atoms with E-state index in [2.05, 4.69) is 24.0 Å². The Bertz CT molecular complexity index is 244. The molecule has 13 heavy (non-hydrogen) atoms. The highest BCUT2D eigenvalue weighted by Gasteiger charge is 2.15. The molecule has 0 fully saturated rings. The average Bonchev–Trinajstić information content (AvgIpc) is 2.17. The van der Waals surface area contributed by atoms with Crippen molar-refractivity contribution in [1.29, 1.82) is 0 Å². The highest BCUT2D eigenvalue weighted by atomic mass is 15.1. The van der Waals surface area contributed by atoms with Crippen molar-refractivity contribution in [3.63, 3.8) is 0 Å². The lowest BCUT2D eigenvalue weighted by Crippen LogP contribution is -2.35. The molecule has 1 aromatic rings. The van der Waals surface area contributed by atoms with Gasteiger partial charge >= 0.3 is 0 Å². The van der Waals surface area contributed by atoms with Gasteiger partial charge < -0.3 is 10.6 Å². The molecule has 0 radical (unpaired) electrons. The molecule has 0 saturated heterocycles. The Balaban J connectivity index is 2.73. The first-order chi connectivity index (χ1) is 6.13. The summed E-state index contributed by atoms with van der Waals surface area (Å²) in [5, 5.41) is 0. The predicted octanol–water partition coefficient (Wildman–Crippen LogP) is 1.64. The quantitative estimate of drug-likeness (QED) is 0.762. The molecule has 0 amide bonds. The Morgan fingerprint density at radius 1 is 1.15 bits per heavy atom. The Hall–Kier alpha value is -0.860. The van der Waals surface area contributed by atoms with E-state index in [1.165, 1.54) is 5.56 Å². The minimum Gasteiger partial charge on any atom is -0.323 e. The minimum atomic E-state index is 0.0937. The van der Waals surface area contributed by atoms with Gasteiger partial charge in [-0.05, 0) is 26.6 Å². The molecule has 2 atom stereocenters. The third-order valence-electron chi connectivity index (χ3n) is 2.52. The predicted molar refractivity (Wildman–Crippen MR) is 56.5 cm³/mol. The molecule has 1 aromatic carbocycles. The van der Waals surface area contributed by atoms with Crippen molar-refractivity contribution < 1.29 is 0 Å². The van der Waals surface area contributed by atoms with Gasteiger partial charge in [0, 0.05) is 12.1 Å². The number of nitrogens with zero attached hydrogens (tertiary/aromatic N) is 1. The molecule has 72 valence electrons. The van der Waals surface area contributed by atoms with Crippen LogP contribution in [0, 0.1) is 0 Å². The average molecular weight is 178 g/mol. The summed E-state index contributed by atoms with van der Waals surface area (Å²) in [6, 6.07) is 10.7. The van der Waals surface area contributed by atoms with E-state index in [1.807, 2.05) is 32.3 Å². The van der Waals surface area contributed by atoms with Gasteiger partial charge in [-0.2, -0.15) is 0 Å². The van der Waals surface area contributed by atoms with Crippen molar-refractivity contribution in [1.82, 2.24) is 4.90 Å². The summed E-state index contributed by atoms with van der Waals surface area (Å²) in [6.07, 6.45) is 0. The molecular formula is C11H18N2. The van der Waals surface area contributed by atoms with Crippen LogP contribution in [0.1, 0.15) is 18.5 Å². The van der Waals surface area contributed by atoms with Crippen molar-refractivity contribution in [3.8, 4) is 0 Å². The fourth-order valence-electron chi connectivity index (χ4n) is 1.27. The third kappa shape index (κ3) is 2.54. The maximum Gasteiger partial charge on any atom is 0.0450 e. The number of hydrogen-bond acceptors (Lipinski definition) is 2. The van der Waals surface area contributed by atoms with Crippen LogP contribution in [0.25, 0.3) is 0 Å². The number of likely N-dealkylation sites (N-methyl/N-ethyl adjacent to an activating group) is 1. The molecule has 1 rings (SSSR count). The van der Waals surface area contributed by atoms with Gasteiger partial charge in [-0.25, -0.2) is 0 Å². The van der Waals surface area contributed by atoms with E-state index in [0.717, 1.165) is 0 Å². The van der Waals surface area contributed by atoms with E-state index in [1.54, 1.807) is 0 Å². The monoisotopic (exact) mass is 178 g/mol. The lowest BCUT2D eigenvalue weighted by atomic mass is 10.0. The van der Waals surface area contributed by atoms with E-state index in [4.69, 9.17) is 5.73 Å². The highest BCUT2D eigenvalue weighted by Crippen LogP contribution is 2.15. The Morgan fingerprint density at radius 3 is 2.15 bits per heavy atom. The molecule has 2 heteroatoms. The summed E-state index contributed by atoms with van der Waals surface area (Å²) >= 11 is 0. The van der Waals surface area contributed by atoms with Crippen LogP contribution in [0.2, 0.25) is 0 Å². The fourth-order valence-corrected chi connectivity index (χ4v) is 1.27. The molecule has 0 saturated carbocycles. The van der Waals surface area contributed by atoms with Crippen molar-refractivity contribution in [3.05, 3.63) is 35.9 Å². The molecule has 0 aromatic heterocycles. The lowest BCUT2D eigenvalue weighted by Gasteiger charge is -2.26. The van der Waals surface area contributed by atoms with E-state index < -0.39 is 0 Å². The van der Waals surface area contributed by atoms with Crippen molar-refractivity contribution in [2.75, 3.05) is 14.1 Å². The molecule has 0 aliphatic heterocycles. The SMILES string of the molecule is CC(C(N)c1ccccc1)N(C)C. The maximum absolute atomic E-state index is 6.10. The van der Waals surface area contributed by atoms with Gasteiger partial charge in [0.05, 0.1) is 0 Å². The standard InChI is InChI=1S/C11H18N2/c1-9(13(2)3)11(12)10-7-5-4-6-8-10/h4-9,11H,12H2,1-3H3. The van der Waals surface area contributed by atoms with Gasteiger partial charge in [0.2, 0.25) is 0 Å². The minimum absolute atomic E-state index is 0.0937. The molecule has 0 aliphatic rings. The second-order valence-electron chi connectivity index (χ2n) is 3.64. The Morgan fingerprint density at radius 2 is 1.69 bits per heavy atom. The zero-order chi connectivity index (χ0) is 9.84. The van der Waals surface area contributed by atoms with E-state index in [-0.39, 0.29) is 6.04 Å². The smallest absolute Gasteiger partial charge is 0.0450 e. The van der Waals surface area contributed by atoms with Gasteiger partial charge in [-0.1, -0.05) is 30.3 Å². The van der Waals surface area contributed by atoms with Crippen molar-refractivity contribution in [2.24, 2.45) is 5.73 Å². The summed E-state index contributed by atoms with van der Waals surface area (Å²) < 4.78 is 0. The zero-order valence-electron chi connectivity index (χ0n) is 8.57. The number of benzene rings is 1.